The lowest BCUT2D eigenvalue weighted by Crippen LogP contribution is -2.44. The number of hydrogen-bond acceptors (Lipinski definition) is 6. The molecule has 10 heteroatoms. The second-order valence-electron chi connectivity index (χ2n) is 8.63. The van der Waals surface area contributed by atoms with Crippen LogP contribution >= 0.6 is 23.8 Å². The SMILES string of the molecule is CCCCCCCCCCCCCCCCCC(=O)N[C@H](COP(=O)(O)OCCBr)C(=O)OC. The van der Waals surface area contributed by atoms with Gasteiger partial charge < -0.3 is 14.9 Å². The molecular formula is C24H47BrNO7P. The van der Waals surface area contributed by atoms with Crippen LogP contribution in [0.5, 0.6) is 0 Å². The normalized spacial score (nSPS) is 13.9. The zero-order valence-corrected chi connectivity index (χ0v) is 23.7. The summed E-state index contributed by atoms with van der Waals surface area (Å²) in [5.41, 5.74) is 0. The first-order chi connectivity index (χ1) is 16.4. The number of rotatable bonds is 24. The lowest BCUT2D eigenvalue weighted by molar-refractivity contribution is -0.146. The van der Waals surface area contributed by atoms with Gasteiger partial charge in [0.05, 0.1) is 20.3 Å². The van der Waals surface area contributed by atoms with Crippen molar-refractivity contribution in [3.8, 4) is 0 Å². The third-order valence-electron chi connectivity index (χ3n) is 5.56. The summed E-state index contributed by atoms with van der Waals surface area (Å²) in [7, 11) is -3.12. The third-order valence-corrected chi connectivity index (χ3v) is 6.87. The summed E-state index contributed by atoms with van der Waals surface area (Å²) in [6.45, 7) is 1.72. The fourth-order valence-electron chi connectivity index (χ4n) is 3.59. The Balaban J connectivity index is 3.80. The lowest BCUT2D eigenvalue weighted by atomic mass is 10.0. The first-order valence-electron chi connectivity index (χ1n) is 12.9. The fraction of sp³-hybridized carbons (Fsp3) is 0.917. The Kier molecular flexibility index (Phi) is 22.6. The Bertz CT molecular complexity index is 565. The minimum Gasteiger partial charge on any atom is -0.467 e. The monoisotopic (exact) mass is 571 g/mol. The number of ether oxygens (including phenoxy) is 1. The fourth-order valence-corrected chi connectivity index (χ4v) is 4.74. The van der Waals surface area contributed by atoms with Gasteiger partial charge in [0.2, 0.25) is 5.91 Å². The van der Waals surface area contributed by atoms with Gasteiger partial charge in [-0.1, -0.05) is 113 Å². The number of halogens is 1. The molecule has 34 heavy (non-hydrogen) atoms. The summed E-state index contributed by atoms with van der Waals surface area (Å²) in [6.07, 6.45) is 19.0. The van der Waals surface area contributed by atoms with Crippen LogP contribution in [0.2, 0.25) is 0 Å². The Morgan fingerprint density at radius 2 is 1.32 bits per heavy atom. The molecule has 0 fully saturated rings. The molecule has 0 radical (unpaired) electrons. The Morgan fingerprint density at radius 1 is 0.853 bits per heavy atom. The molecule has 0 aliphatic carbocycles. The number of alkyl halides is 1. The zero-order valence-electron chi connectivity index (χ0n) is 21.2. The van der Waals surface area contributed by atoms with Crippen molar-refractivity contribution in [1.29, 1.82) is 0 Å². The van der Waals surface area contributed by atoms with Crippen molar-refractivity contribution in [2.75, 3.05) is 25.7 Å². The van der Waals surface area contributed by atoms with Gasteiger partial charge in [-0.25, -0.2) is 9.36 Å². The predicted octanol–water partition coefficient (Wildman–Crippen LogP) is 6.43. The van der Waals surface area contributed by atoms with Gasteiger partial charge in [-0.3, -0.25) is 13.8 Å². The number of carbonyl (C=O) groups excluding carboxylic acids is 2. The largest absolute Gasteiger partial charge is 0.472 e. The topological polar surface area (TPSA) is 111 Å². The van der Waals surface area contributed by atoms with Crippen LogP contribution in [0.25, 0.3) is 0 Å². The predicted molar refractivity (Wildman–Crippen MR) is 139 cm³/mol. The van der Waals surface area contributed by atoms with E-state index in [9.17, 15) is 19.0 Å². The van der Waals surface area contributed by atoms with Crippen LogP contribution in [0.3, 0.4) is 0 Å². The van der Waals surface area contributed by atoms with E-state index in [0.29, 0.717) is 5.33 Å². The number of carbonyl (C=O) groups is 2. The average molecular weight is 573 g/mol. The van der Waals surface area contributed by atoms with Gasteiger partial charge in [-0.2, -0.15) is 0 Å². The Hall–Kier alpha value is -0.470. The van der Waals surface area contributed by atoms with E-state index >= 15 is 0 Å². The molecule has 0 spiro atoms. The van der Waals surface area contributed by atoms with Crippen LogP contribution in [0.15, 0.2) is 0 Å². The van der Waals surface area contributed by atoms with E-state index in [1.54, 1.807) is 0 Å². The van der Waals surface area contributed by atoms with Crippen LogP contribution in [-0.4, -0.2) is 48.5 Å². The van der Waals surface area contributed by atoms with Crippen molar-refractivity contribution < 1.29 is 32.8 Å². The first kappa shape index (κ1) is 33.5. The molecule has 0 bridgehead atoms. The van der Waals surface area contributed by atoms with E-state index in [2.05, 4.69) is 37.4 Å². The highest BCUT2D eigenvalue weighted by molar-refractivity contribution is 9.09. The minimum absolute atomic E-state index is 0.0256. The van der Waals surface area contributed by atoms with Gasteiger partial charge in [0.15, 0.2) is 6.04 Å². The molecule has 1 unspecified atom stereocenters. The smallest absolute Gasteiger partial charge is 0.467 e. The molecular weight excluding hydrogens is 525 g/mol. The number of esters is 1. The molecule has 0 saturated carbocycles. The van der Waals surface area contributed by atoms with Gasteiger partial charge in [-0.05, 0) is 6.42 Å². The van der Waals surface area contributed by atoms with Crippen LogP contribution in [-0.2, 0) is 27.9 Å². The number of nitrogens with one attached hydrogen (secondary N) is 1. The van der Waals surface area contributed by atoms with Crippen LogP contribution in [0.4, 0.5) is 0 Å². The highest BCUT2D eigenvalue weighted by Crippen LogP contribution is 2.43. The standard InChI is InChI=1S/C24H47BrNO7P/c1-3-4-5-6-7-8-9-10-11-12-13-14-15-16-17-18-23(27)26-22(24(28)31-2)21-33-34(29,30)32-20-19-25/h22H,3-21H2,1-2H3,(H,26,27)(H,29,30)/t22-/m1/s1. The third kappa shape index (κ3) is 20.9. The first-order valence-corrected chi connectivity index (χ1v) is 15.5. The molecule has 0 aromatic carbocycles. The molecule has 0 saturated heterocycles. The summed E-state index contributed by atoms with van der Waals surface area (Å²) in [5.74, 6) is -1.06. The molecule has 0 rings (SSSR count). The Morgan fingerprint density at radius 3 is 1.76 bits per heavy atom. The van der Waals surface area contributed by atoms with Crippen LogP contribution in [0, 0.1) is 0 Å². The number of unbranched alkanes of at least 4 members (excludes halogenated alkanes) is 14. The quantitative estimate of drug-likeness (QED) is 0.0593. The second-order valence-corrected chi connectivity index (χ2v) is 10.9. The maximum atomic E-state index is 12.2. The van der Waals surface area contributed by atoms with Crippen molar-refractivity contribution in [3.63, 3.8) is 0 Å². The van der Waals surface area contributed by atoms with Gasteiger partial charge in [-0.15, -0.1) is 0 Å². The van der Waals surface area contributed by atoms with Gasteiger partial charge in [0.25, 0.3) is 0 Å². The highest BCUT2D eigenvalue weighted by Gasteiger charge is 2.28. The maximum Gasteiger partial charge on any atom is 0.472 e. The van der Waals surface area contributed by atoms with E-state index in [1.165, 1.54) is 84.2 Å². The van der Waals surface area contributed by atoms with Gasteiger partial charge in [0, 0.05) is 11.8 Å². The summed E-state index contributed by atoms with van der Waals surface area (Å²) in [4.78, 5) is 33.6. The van der Waals surface area contributed by atoms with Crippen LogP contribution in [0.1, 0.15) is 110 Å². The zero-order chi connectivity index (χ0) is 25.5. The Labute approximate surface area is 215 Å². The van der Waals surface area contributed by atoms with Crippen molar-refractivity contribution in [2.24, 2.45) is 0 Å². The van der Waals surface area contributed by atoms with Crippen molar-refractivity contribution in [3.05, 3.63) is 0 Å². The number of amides is 1. The van der Waals surface area contributed by atoms with Gasteiger partial charge >= 0.3 is 13.8 Å². The molecule has 0 aliphatic heterocycles. The summed E-state index contributed by atoms with van der Waals surface area (Å²) in [6, 6.07) is -1.16. The lowest BCUT2D eigenvalue weighted by Gasteiger charge is -2.18. The van der Waals surface area contributed by atoms with Gasteiger partial charge in [0.1, 0.15) is 0 Å². The van der Waals surface area contributed by atoms with Crippen molar-refractivity contribution in [2.45, 2.75) is 116 Å². The molecule has 0 heterocycles. The van der Waals surface area contributed by atoms with E-state index < -0.39 is 26.4 Å². The average Bonchev–Trinajstić information content (AvgIpc) is 2.82. The molecule has 8 nitrogen and oxygen atoms in total. The molecule has 0 aromatic heterocycles. The number of methoxy groups -OCH3 is 1. The molecule has 0 aromatic rings. The second kappa shape index (κ2) is 23.0. The highest BCUT2D eigenvalue weighted by atomic mass is 79.9. The molecule has 202 valence electrons. The molecule has 1 amide bonds. The molecule has 2 atom stereocenters. The summed E-state index contributed by atoms with van der Waals surface area (Å²) >= 11 is 3.07. The summed E-state index contributed by atoms with van der Waals surface area (Å²) in [5, 5.41) is 2.87. The minimum atomic E-state index is -4.30. The van der Waals surface area contributed by atoms with E-state index in [4.69, 9.17) is 4.52 Å². The van der Waals surface area contributed by atoms with Crippen LogP contribution < -0.4 is 5.32 Å². The number of phosphoric ester groups is 1. The molecule has 2 N–H and O–H groups in total. The van der Waals surface area contributed by atoms with Crippen molar-refractivity contribution in [1.82, 2.24) is 5.32 Å². The van der Waals surface area contributed by atoms with E-state index in [0.717, 1.165) is 19.3 Å². The number of hydrogen-bond donors (Lipinski definition) is 2. The molecule has 0 aliphatic rings. The number of phosphoric acid groups is 1. The maximum absolute atomic E-state index is 12.2. The summed E-state index contributed by atoms with van der Waals surface area (Å²) < 4.78 is 25.9. The van der Waals surface area contributed by atoms with E-state index in [1.807, 2.05) is 0 Å². The van der Waals surface area contributed by atoms with E-state index in [-0.39, 0.29) is 18.9 Å². The van der Waals surface area contributed by atoms with Crippen molar-refractivity contribution >= 4 is 35.6 Å².